The smallest absolute Gasteiger partial charge is 0.233 e. The summed E-state index contributed by atoms with van der Waals surface area (Å²) >= 11 is 0. The summed E-state index contributed by atoms with van der Waals surface area (Å²) in [7, 11) is 8.37. The van der Waals surface area contributed by atoms with Crippen LogP contribution >= 0.6 is 0 Å². The van der Waals surface area contributed by atoms with Crippen molar-refractivity contribution in [3.63, 3.8) is 0 Å². The minimum absolute atomic E-state index is 0.485. The van der Waals surface area contributed by atoms with Gasteiger partial charge in [0.25, 0.3) is 0 Å². The van der Waals surface area contributed by atoms with Crippen LogP contribution in [0.2, 0.25) is 0 Å². The fraction of sp³-hybridized carbons (Fsp3) is 0.400. The van der Waals surface area contributed by atoms with E-state index >= 15 is 0 Å². The zero-order valence-corrected chi connectivity index (χ0v) is 20.7. The van der Waals surface area contributed by atoms with Gasteiger partial charge in [0.2, 0.25) is 17.8 Å². The van der Waals surface area contributed by atoms with Gasteiger partial charge in [0.15, 0.2) is 0 Å². The molecule has 34 heavy (non-hydrogen) atoms. The molecule has 0 aliphatic heterocycles. The molecule has 4 N–H and O–H groups in total. The highest BCUT2D eigenvalue weighted by atomic mass is 15.3. The van der Waals surface area contributed by atoms with Crippen molar-refractivity contribution < 1.29 is 0 Å². The second kappa shape index (κ2) is 12.7. The standard InChI is InChI=1S/C25H37N9/c1-32(2)16-8-18-34(19-9-17-33(3)4)25-30-23(27-21-10-6-5-7-11-21)29-24(31-25)28-22-14-12-20(26)13-15-22/h5-7,10-15H,8-9,16-19,26H2,1-4H3,(H2,27,28,29,30,31). The van der Waals surface area contributed by atoms with Crippen LogP contribution in [0.5, 0.6) is 0 Å². The summed E-state index contributed by atoms with van der Waals surface area (Å²) in [6.45, 7) is 3.73. The predicted octanol–water partition coefficient (Wildman–Crippen LogP) is 3.65. The number of rotatable bonds is 13. The van der Waals surface area contributed by atoms with Crippen LogP contribution in [0.3, 0.4) is 0 Å². The van der Waals surface area contributed by atoms with E-state index in [0.29, 0.717) is 23.5 Å². The maximum atomic E-state index is 5.84. The Kier molecular flexibility index (Phi) is 9.42. The summed E-state index contributed by atoms with van der Waals surface area (Å²) < 4.78 is 0. The first-order valence-electron chi connectivity index (χ1n) is 11.6. The predicted molar refractivity (Wildman–Crippen MR) is 142 cm³/mol. The molecule has 3 rings (SSSR count). The molecule has 0 saturated carbocycles. The molecule has 0 saturated heterocycles. The summed E-state index contributed by atoms with van der Waals surface area (Å²) in [6.07, 6.45) is 2.03. The molecule has 1 aromatic heterocycles. The summed E-state index contributed by atoms with van der Waals surface area (Å²) in [5.41, 5.74) is 8.33. The normalized spacial score (nSPS) is 11.1. The van der Waals surface area contributed by atoms with E-state index in [1.54, 1.807) is 0 Å². The van der Waals surface area contributed by atoms with E-state index in [1.165, 1.54) is 0 Å². The number of benzene rings is 2. The molecule has 0 aliphatic rings. The number of nitrogens with one attached hydrogen (secondary N) is 2. The molecule has 0 aliphatic carbocycles. The van der Waals surface area contributed by atoms with Crippen LogP contribution in [0.4, 0.5) is 34.9 Å². The molecule has 182 valence electrons. The lowest BCUT2D eigenvalue weighted by molar-refractivity contribution is 0.389. The first-order valence-corrected chi connectivity index (χ1v) is 11.6. The van der Waals surface area contributed by atoms with E-state index in [9.17, 15) is 0 Å². The van der Waals surface area contributed by atoms with E-state index in [2.05, 4.69) is 58.5 Å². The number of nitrogens with zero attached hydrogens (tertiary/aromatic N) is 6. The van der Waals surface area contributed by atoms with E-state index in [-0.39, 0.29) is 0 Å². The lowest BCUT2D eigenvalue weighted by Gasteiger charge is -2.25. The number of nitrogens with two attached hydrogens (primary N) is 1. The Bertz CT molecular complexity index is 977. The summed E-state index contributed by atoms with van der Waals surface area (Å²) in [5, 5.41) is 6.62. The molecule has 0 unspecified atom stereocenters. The minimum atomic E-state index is 0.485. The topological polar surface area (TPSA) is 98.5 Å². The van der Waals surface area contributed by atoms with Gasteiger partial charge >= 0.3 is 0 Å². The SMILES string of the molecule is CN(C)CCCN(CCCN(C)C)c1nc(Nc2ccccc2)nc(Nc2ccc(N)cc2)n1. The highest BCUT2D eigenvalue weighted by Crippen LogP contribution is 2.21. The van der Waals surface area contributed by atoms with E-state index in [1.807, 2.05) is 54.6 Å². The zero-order chi connectivity index (χ0) is 24.3. The third kappa shape index (κ3) is 8.49. The highest BCUT2D eigenvalue weighted by Gasteiger charge is 2.15. The number of hydrogen-bond acceptors (Lipinski definition) is 9. The third-order valence-electron chi connectivity index (χ3n) is 5.17. The van der Waals surface area contributed by atoms with Gasteiger partial charge in [-0.15, -0.1) is 0 Å². The Morgan fingerprint density at radius 3 is 1.65 bits per heavy atom. The molecular formula is C25H37N9. The van der Waals surface area contributed by atoms with Gasteiger partial charge < -0.3 is 31.1 Å². The van der Waals surface area contributed by atoms with Crippen molar-refractivity contribution in [2.75, 3.05) is 75.6 Å². The molecule has 0 spiro atoms. The van der Waals surface area contributed by atoms with Crippen molar-refractivity contribution in [1.29, 1.82) is 0 Å². The molecule has 0 atom stereocenters. The average molecular weight is 464 g/mol. The molecular weight excluding hydrogens is 426 g/mol. The summed E-state index contributed by atoms with van der Waals surface area (Å²) in [5.74, 6) is 1.64. The lowest BCUT2D eigenvalue weighted by atomic mass is 10.3. The highest BCUT2D eigenvalue weighted by molar-refractivity contribution is 5.61. The molecule has 1 heterocycles. The number of nitrogen functional groups attached to an aromatic ring is 1. The number of hydrogen-bond donors (Lipinski definition) is 3. The second-order valence-electron chi connectivity index (χ2n) is 8.82. The molecule has 9 nitrogen and oxygen atoms in total. The molecule has 2 aromatic carbocycles. The average Bonchev–Trinajstić information content (AvgIpc) is 2.80. The largest absolute Gasteiger partial charge is 0.399 e. The van der Waals surface area contributed by atoms with Gasteiger partial charge in [0.1, 0.15) is 0 Å². The summed E-state index contributed by atoms with van der Waals surface area (Å²) in [6, 6.07) is 17.4. The fourth-order valence-corrected chi connectivity index (χ4v) is 3.43. The van der Waals surface area contributed by atoms with E-state index < -0.39 is 0 Å². The second-order valence-corrected chi connectivity index (χ2v) is 8.82. The van der Waals surface area contributed by atoms with Gasteiger partial charge in [-0.2, -0.15) is 15.0 Å². The van der Waals surface area contributed by atoms with E-state index in [0.717, 1.165) is 50.4 Å². The van der Waals surface area contributed by atoms with Gasteiger partial charge in [-0.3, -0.25) is 0 Å². The van der Waals surface area contributed by atoms with Crippen molar-refractivity contribution in [2.24, 2.45) is 0 Å². The Morgan fingerprint density at radius 2 is 1.15 bits per heavy atom. The van der Waals surface area contributed by atoms with Crippen molar-refractivity contribution in [2.45, 2.75) is 12.8 Å². The summed E-state index contributed by atoms with van der Waals surface area (Å²) in [4.78, 5) is 20.8. The third-order valence-corrected chi connectivity index (χ3v) is 5.17. The van der Waals surface area contributed by atoms with Crippen LogP contribution in [-0.4, -0.2) is 79.1 Å². The Hall–Kier alpha value is -3.43. The van der Waals surface area contributed by atoms with Crippen LogP contribution in [-0.2, 0) is 0 Å². The van der Waals surface area contributed by atoms with Crippen molar-refractivity contribution >= 4 is 34.9 Å². The monoisotopic (exact) mass is 463 g/mol. The van der Waals surface area contributed by atoms with Gasteiger partial charge in [-0.1, -0.05) is 18.2 Å². The number of para-hydroxylation sites is 1. The number of aromatic nitrogens is 3. The van der Waals surface area contributed by atoms with Crippen LogP contribution in [0.1, 0.15) is 12.8 Å². The molecule has 3 aromatic rings. The minimum Gasteiger partial charge on any atom is -0.399 e. The molecule has 0 bridgehead atoms. The lowest BCUT2D eigenvalue weighted by Crippen LogP contribution is -2.32. The zero-order valence-electron chi connectivity index (χ0n) is 20.7. The fourth-order valence-electron chi connectivity index (χ4n) is 3.43. The van der Waals surface area contributed by atoms with Gasteiger partial charge in [0, 0.05) is 30.2 Å². The van der Waals surface area contributed by atoms with E-state index in [4.69, 9.17) is 15.7 Å². The molecule has 9 heteroatoms. The maximum Gasteiger partial charge on any atom is 0.233 e. The first kappa shape index (κ1) is 25.2. The first-order chi connectivity index (χ1) is 16.4. The van der Waals surface area contributed by atoms with Crippen molar-refractivity contribution in [1.82, 2.24) is 24.8 Å². The van der Waals surface area contributed by atoms with Crippen LogP contribution in [0.15, 0.2) is 54.6 Å². The van der Waals surface area contributed by atoms with Crippen molar-refractivity contribution in [3.05, 3.63) is 54.6 Å². The molecule has 0 amide bonds. The quantitative estimate of drug-likeness (QED) is 0.328. The Balaban J connectivity index is 1.89. The van der Waals surface area contributed by atoms with Crippen LogP contribution in [0.25, 0.3) is 0 Å². The molecule has 0 fully saturated rings. The van der Waals surface area contributed by atoms with Crippen LogP contribution in [0, 0.1) is 0 Å². The number of anilines is 6. The van der Waals surface area contributed by atoms with Gasteiger partial charge in [-0.25, -0.2) is 0 Å². The molecule has 0 radical (unpaired) electrons. The Labute approximate surface area is 203 Å². The maximum absolute atomic E-state index is 5.84. The van der Waals surface area contributed by atoms with Gasteiger partial charge in [-0.05, 0) is 90.5 Å². The van der Waals surface area contributed by atoms with Gasteiger partial charge in [0.05, 0.1) is 0 Å². The Morgan fingerprint density at radius 1 is 0.647 bits per heavy atom. The van der Waals surface area contributed by atoms with Crippen molar-refractivity contribution in [3.8, 4) is 0 Å². The van der Waals surface area contributed by atoms with Crippen LogP contribution < -0.4 is 21.3 Å².